The number of halogens is 1. The van der Waals surface area contributed by atoms with Gasteiger partial charge in [0.1, 0.15) is 47.4 Å². The van der Waals surface area contributed by atoms with Gasteiger partial charge in [0.05, 0.1) is 13.2 Å². The first-order valence-corrected chi connectivity index (χ1v) is 4.44. The average Bonchev–Trinajstić information content (AvgIpc) is 2.09. The summed E-state index contributed by atoms with van der Waals surface area (Å²) in [4.78, 5) is 0. The first kappa shape index (κ1) is 10.6. The van der Waals surface area contributed by atoms with Crippen LogP contribution in [0.4, 0.5) is 0 Å². The number of hydrogen-bond donors (Lipinski definition) is 3. The highest BCUT2D eigenvalue weighted by Gasteiger charge is 2.39. The Hall–Kier alpha value is 0.530. The second-order valence-electron chi connectivity index (χ2n) is 2.67. The highest BCUT2D eigenvalue weighted by molar-refractivity contribution is 14.1. The normalized spacial score (nSPS) is 43.0. The fraction of sp³-hybridized carbons (Fsp3) is 1.00. The predicted molar refractivity (Wildman–Crippen MR) is 47.7 cm³/mol. The number of ether oxygens (including phenoxy) is 1. The van der Waals surface area contributed by atoms with Gasteiger partial charge in [0.15, 0.2) is 0 Å². The molecule has 5 nitrogen and oxygen atoms in total. The highest BCUT2D eigenvalue weighted by atomic mass is 127. The van der Waals surface area contributed by atoms with E-state index in [4.69, 9.17) is 18.0 Å². The van der Waals surface area contributed by atoms with Crippen LogP contribution < -0.4 is 0 Å². The molecule has 1 heterocycles. The van der Waals surface area contributed by atoms with Gasteiger partial charge in [0.2, 0.25) is 0 Å². The lowest BCUT2D eigenvalue weighted by Gasteiger charge is -2.35. The van der Waals surface area contributed by atoms with Crippen molar-refractivity contribution in [2.24, 2.45) is 0 Å². The van der Waals surface area contributed by atoms with Gasteiger partial charge in [0.25, 0.3) is 0 Å². The van der Waals surface area contributed by atoms with Crippen LogP contribution in [0.5, 0.6) is 0 Å². The molecule has 12 heavy (non-hydrogen) atoms. The second-order valence-corrected chi connectivity index (χ2v) is 3.17. The molecule has 0 aromatic rings. The van der Waals surface area contributed by atoms with E-state index in [-0.39, 0.29) is 13.2 Å². The summed E-state index contributed by atoms with van der Waals surface area (Å²) < 4.78 is 9.88. The summed E-state index contributed by atoms with van der Waals surface area (Å²) in [6.07, 6.45) is -3.15. The number of aliphatic hydroxyl groups is 3. The summed E-state index contributed by atoms with van der Waals surface area (Å²) in [5.41, 5.74) is 0. The van der Waals surface area contributed by atoms with Crippen LogP contribution in [0.25, 0.3) is 0 Å². The van der Waals surface area contributed by atoms with Gasteiger partial charge >= 0.3 is 0 Å². The summed E-state index contributed by atoms with van der Waals surface area (Å²) in [5, 5.41) is 27.3. The van der Waals surface area contributed by atoms with Crippen molar-refractivity contribution < 1.29 is 23.1 Å². The third-order valence-corrected chi connectivity index (χ3v) is 2.45. The smallest absolute Gasteiger partial charge is 0.127 e. The number of rotatable bonds is 2. The molecule has 1 rings (SSSR count). The van der Waals surface area contributed by atoms with Crippen molar-refractivity contribution in [2.45, 2.75) is 24.4 Å². The molecule has 1 fully saturated rings. The molecular formula is C6H11IO5. The fourth-order valence-electron chi connectivity index (χ4n) is 1.12. The van der Waals surface area contributed by atoms with Crippen molar-refractivity contribution in [2.75, 3.05) is 13.2 Å². The van der Waals surface area contributed by atoms with E-state index in [2.05, 4.69) is 0 Å². The minimum atomic E-state index is -0.993. The first-order chi connectivity index (χ1) is 5.70. The third kappa shape index (κ3) is 2.06. The standard InChI is InChI=1S/C6H11IO5/c7-12-6-4(1-8)11-2-3(9)5(6)10/h3-6,8-10H,1-2H2/t3-,4?,5?,6?/m1/s1. The molecule has 0 radical (unpaired) electrons. The fourth-order valence-corrected chi connectivity index (χ4v) is 1.75. The van der Waals surface area contributed by atoms with Crippen molar-refractivity contribution in [3.8, 4) is 0 Å². The SMILES string of the molecule is OCC1OC[C@@H](O)C(O)C1OI. The van der Waals surface area contributed by atoms with Crippen LogP contribution in [0, 0.1) is 0 Å². The Bertz CT molecular complexity index is 142. The molecule has 1 aliphatic rings. The zero-order valence-electron chi connectivity index (χ0n) is 6.26. The molecule has 0 aromatic heterocycles. The Morgan fingerprint density at radius 2 is 2.17 bits per heavy atom. The maximum atomic E-state index is 9.37. The highest BCUT2D eigenvalue weighted by Crippen LogP contribution is 2.20. The maximum Gasteiger partial charge on any atom is 0.127 e. The molecule has 0 aromatic carbocycles. The van der Waals surface area contributed by atoms with E-state index in [1.807, 2.05) is 0 Å². The van der Waals surface area contributed by atoms with Gasteiger partial charge < -0.3 is 23.1 Å². The van der Waals surface area contributed by atoms with Crippen molar-refractivity contribution in [3.05, 3.63) is 0 Å². The van der Waals surface area contributed by atoms with Gasteiger partial charge in [-0.15, -0.1) is 0 Å². The summed E-state index contributed by atoms with van der Waals surface area (Å²) in [6, 6.07) is 0. The minimum Gasteiger partial charge on any atom is -0.394 e. The quantitative estimate of drug-likeness (QED) is 0.559. The van der Waals surface area contributed by atoms with Crippen molar-refractivity contribution >= 4 is 23.0 Å². The zero-order chi connectivity index (χ0) is 9.14. The Morgan fingerprint density at radius 3 is 2.67 bits per heavy atom. The molecule has 72 valence electrons. The van der Waals surface area contributed by atoms with Crippen LogP contribution in [0.2, 0.25) is 0 Å². The Kier molecular flexibility index (Phi) is 4.14. The van der Waals surface area contributed by atoms with E-state index in [1.165, 1.54) is 0 Å². The van der Waals surface area contributed by atoms with Gasteiger partial charge in [-0.1, -0.05) is 0 Å². The molecule has 6 heteroatoms. The van der Waals surface area contributed by atoms with E-state index < -0.39 is 24.4 Å². The molecule has 3 unspecified atom stereocenters. The summed E-state index contributed by atoms with van der Waals surface area (Å²) in [5.74, 6) is 0. The zero-order valence-corrected chi connectivity index (χ0v) is 8.42. The molecule has 0 saturated carbocycles. The lowest BCUT2D eigenvalue weighted by atomic mass is 10.0. The molecule has 4 atom stereocenters. The van der Waals surface area contributed by atoms with Crippen LogP contribution in [-0.4, -0.2) is 52.9 Å². The van der Waals surface area contributed by atoms with E-state index >= 15 is 0 Å². The molecule has 0 aliphatic carbocycles. The molecule has 0 amide bonds. The van der Waals surface area contributed by atoms with Gasteiger partial charge in [-0.2, -0.15) is 0 Å². The molecule has 3 N–H and O–H groups in total. The van der Waals surface area contributed by atoms with Gasteiger partial charge in [-0.25, -0.2) is 0 Å². The van der Waals surface area contributed by atoms with Gasteiger partial charge in [-0.05, 0) is 0 Å². The molecule has 1 saturated heterocycles. The van der Waals surface area contributed by atoms with Crippen molar-refractivity contribution in [1.82, 2.24) is 0 Å². The van der Waals surface area contributed by atoms with Crippen molar-refractivity contribution in [3.63, 3.8) is 0 Å². The lowest BCUT2D eigenvalue weighted by Crippen LogP contribution is -2.54. The largest absolute Gasteiger partial charge is 0.394 e. The summed E-state index contributed by atoms with van der Waals surface area (Å²) in [7, 11) is 0. The van der Waals surface area contributed by atoms with E-state index in [0.717, 1.165) is 0 Å². The number of hydrogen-bond acceptors (Lipinski definition) is 5. The van der Waals surface area contributed by atoms with Crippen LogP contribution in [0.15, 0.2) is 0 Å². The summed E-state index contributed by atoms with van der Waals surface area (Å²) in [6.45, 7) is -0.194. The first-order valence-electron chi connectivity index (χ1n) is 3.56. The molecule has 1 aliphatic heterocycles. The second kappa shape index (κ2) is 4.68. The average molecular weight is 290 g/mol. The van der Waals surface area contributed by atoms with Gasteiger partial charge in [-0.3, -0.25) is 0 Å². The Morgan fingerprint density at radius 1 is 1.50 bits per heavy atom. The molecular weight excluding hydrogens is 279 g/mol. The monoisotopic (exact) mass is 290 g/mol. The van der Waals surface area contributed by atoms with Crippen molar-refractivity contribution in [1.29, 1.82) is 0 Å². The predicted octanol–water partition coefficient (Wildman–Crippen LogP) is -1.17. The van der Waals surface area contributed by atoms with Crippen LogP contribution >= 0.6 is 23.0 Å². The minimum absolute atomic E-state index is 0.0306. The van der Waals surface area contributed by atoms with E-state index in [1.54, 1.807) is 23.0 Å². The van der Waals surface area contributed by atoms with Gasteiger partial charge in [0, 0.05) is 0 Å². The van der Waals surface area contributed by atoms with Crippen LogP contribution in [0.1, 0.15) is 0 Å². The molecule has 0 bridgehead atoms. The maximum absolute atomic E-state index is 9.37. The van der Waals surface area contributed by atoms with Crippen LogP contribution in [-0.2, 0) is 7.80 Å². The van der Waals surface area contributed by atoms with E-state index in [9.17, 15) is 5.11 Å². The number of aliphatic hydroxyl groups excluding tert-OH is 3. The third-order valence-electron chi connectivity index (χ3n) is 1.86. The topological polar surface area (TPSA) is 79.2 Å². The Balaban J connectivity index is 2.58. The Labute approximate surface area is 84.0 Å². The lowest BCUT2D eigenvalue weighted by molar-refractivity contribution is -0.179. The summed E-state index contributed by atoms with van der Waals surface area (Å²) >= 11 is 1.61. The molecule has 0 spiro atoms. The van der Waals surface area contributed by atoms with Crippen LogP contribution in [0.3, 0.4) is 0 Å². The van der Waals surface area contributed by atoms with E-state index in [0.29, 0.717) is 0 Å².